The summed E-state index contributed by atoms with van der Waals surface area (Å²) in [5, 5.41) is 10.6. The van der Waals surface area contributed by atoms with E-state index in [1.165, 1.54) is 40.4 Å². The summed E-state index contributed by atoms with van der Waals surface area (Å²) in [6.07, 6.45) is 13.6. The van der Waals surface area contributed by atoms with Crippen molar-refractivity contribution in [2.75, 3.05) is 6.54 Å². The van der Waals surface area contributed by atoms with Crippen LogP contribution in [0.4, 0.5) is 0 Å². The van der Waals surface area contributed by atoms with E-state index in [0.717, 1.165) is 43.8 Å². The van der Waals surface area contributed by atoms with E-state index in [1.54, 1.807) is 12.1 Å². The molecule has 164 valence electrons. The van der Waals surface area contributed by atoms with E-state index in [-0.39, 0.29) is 12.0 Å². The Bertz CT molecular complexity index is 1180. The van der Waals surface area contributed by atoms with Crippen LogP contribution in [0.25, 0.3) is 10.9 Å². The molecule has 1 aliphatic carbocycles. The number of hydrogen-bond acceptors (Lipinski definition) is 2. The summed E-state index contributed by atoms with van der Waals surface area (Å²) in [4.78, 5) is 17.3. The van der Waals surface area contributed by atoms with Gasteiger partial charge in [0.1, 0.15) is 0 Å². The lowest BCUT2D eigenvalue weighted by atomic mass is 9.86. The van der Waals surface area contributed by atoms with Gasteiger partial charge in [-0.05, 0) is 85.4 Å². The molecule has 2 heterocycles. The molecule has 0 radical (unpaired) electrons. The number of aryl methyl sites for hydroxylation is 1. The number of terminal acetylenes is 1. The van der Waals surface area contributed by atoms with E-state index >= 15 is 0 Å². The summed E-state index contributed by atoms with van der Waals surface area (Å²) in [5.41, 5.74) is 6.94. The number of likely N-dealkylation sites (tertiary alicyclic amines) is 1. The van der Waals surface area contributed by atoms with Gasteiger partial charge in [-0.2, -0.15) is 0 Å². The molecule has 2 N–H and O–H groups in total. The molecule has 1 aliphatic heterocycles. The maximum absolute atomic E-state index is 11.3. The Balaban J connectivity index is 1.50. The minimum Gasteiger partial charge on any atom is -0.478 e. The van der Waals surface area contributed by atoms with Crippen molar-refractivity contribution in [1.29, 1.82) is 0 Å². The van der Waals surface area contributed by atoms with Crippen LogP contribution in [-0.2, 0) is 13.0 Å². The maximum Gasteiger partial charge on any atom is 0.335 e. The first-order chi connectivity index (χ1) is 15.5. The largest absolute Gasteiger partial charge is 0.478 e. The SMILES string of the molecule is C#CC1CCN(Cc2c(CC3CC3)cc(C)c3[nH]ccc23)[C@H](c2ccc(C(=O)O)cc2)C1. The molecule has 3 aromatic rings. The van der Waals surface area contributed by atoms with Crippen LogP contribution in [0.2, 0.25) is 0 Å². The minimum absolute atomic E-state index is 0.191. The molecule has 5 rings (SSSR count). The molecule has 0 amide bonds. The van der Waals surface area contributed by atoms with Gasteiger partial charge in [0.2, 0.25) is 0 Å². The zero-order chi connectivity index (χ0) is 22.2. The van der Waals surface area contributed by atoms with Gasteiger partial charge >= 0.3 is 5.97 Å². The third-order valence-corrected chi connectivity index (χ3v) is 7.30. The summed E-state index contributed by atoms with van der Waals surface area (Å²) in [7, 11) is 0. The number of aromatic carboxylic acids is 1. The number of benzene rings is 2. The Morgan fingerprint density at radius 1 is 1.22 bits per heavy atom. The molecule has 1 aromatic heterocycles. The Kier molecular flexibility index (Phi) is 5.53. The number of fused-ring (bicyclic) bond motifs is 1. The van der Waals surface area contributed by atoms with Crippen LogP contribution in [-0.4, -0.2) is 27.5 Å². The van der Waals surface area contributed by atoms with Gasteiger partial charge in [0, 0.05) is 42.1 Å². The number of rotatable bonds is 6. The summed E-state index contributed by atoms with van der Waals surface area (Å²) in [5.74, 6) is 3.17. The molecule has 32 heavy (non-hydrogen) atoms. The van der Waals surface area contributed by atoms with Gasteiger partial charge in [0.15, 0.2) is 0 Å². The predicted molar refractivity (Wildman–Crippen MR) is 128 cm³/mol. The minimum atomic E-state index is -0.891. The van der Waals surface area contributed by atoms with Crippen molar-refractivity contribution in [3.05, 3.63) is 70.4 Å². The molecular weight excluding hydrogens is 396 g/mol. The van der Waals surface area contributed by atoms with Crippen molar-refractivity contribution in [2.24, 2.45) is 11.8 Å². The van der Waals surface area contributed by atoms with Gasteiger partial charge in [-0.3, -0.25) is 4.90 Å². The number of aromatic nitrogens is 1. The Hall–Kier alpha value is -3.03. The number of aromatic amines is 1. The van der Waals surface area contributed by atoms with Crippen molar-refractivity contribution in [2.45, 2.75) is 51.6 Å². The highest BCUT2D eigenvalue weighted by Crippen LogP contribution is 2.39. The van der Waals surface area contributed by atoms with E-state index in [1.807, 2.05) is 12.1 Å². The van der Waals surface area contributed by atoms with Crippen molar-refractivity contribution in [3.63, 3.8) is 0 Å². The number of carbonyl (C=O) groups is 1. The maximum atomic E-state index is 11.3. The van der Waals surface area contributed by atoms with Crippen molar-refractivity contribution in [3.8, 4) is 12.3 Å². The Morgan fingerprint density at radius 3 is 2.69 bits per heavy atom. The fraction of sp³-hybridized carbons (Fsp3) is 0.393. The van der Waals surface area contributed by atoms with Crippen LogP contribution in [0.1, 0.15) is 64.3 Å². The van der Waals surface area contributed by atoms with E-state index in [4.69, 9.17) is 6.42 Å². The first-order valence-electron chi connectivity index (χ1n) is 11.7. The lowest BCUT2D eigenvalue weighted by molar-refractivity contribution is 0.0696. The van der Waals surface area contributed by atoms with E-state index in [2.05, 4.69) is 41.1 Å². The Labute approximate surface area is 189 Å². The van der Waals surface area contributed by atoms with E-state index in [9.17, 15) is 9.90 Å². The van der Waals surface area contributed by atoms with Gasteiger partial charge in [-0.15, -0.1) is 12.3 Å². The monoisotopic (exact) mass is 426 g/mol. The van der Waals surface area contributed by atoms with Crippen LogP contribution < -0.4 is 0 Å². The smallest absolute Gasteiger partial charge is 0.335 e. The van der Waals surface area contributed by atoms with Crippen molar-refractivity contribution >= 4 is 16.9 Å². The molecule has 2 aromatic carbocycles. The van der Waals surface area contributed by atoms with Gasteiger partial charge in [0.25, 0.3) is 0 Å². The molecular formula is C28H30N2O2. The molecule has 4 nitrogen and oxygen atoms in total. The normalized spacial score (nSPS) is 21.5. The molecule has 1 saturated heterocycles. The Morgan fingerprint density at radius 2 is 2.00 bits per heavy atom. The van der Waals surface area contributed by atoms with Crippen LogP contribution in [0.15, 0.2) is 42.6 Å². The van der Waals surface area contributed by atoms with Gasteiger partial charge in [-0.1, -0.05) is 18.2 Å². The number of nitrogens with one attached hydrogen (secondary N) is 1. The lowest BCUT2D eigenvalue weighted by Gasteiger charge is -2.39. The average molecular weight is 427 g/mol. The highest BCUT2D eigenvalue weighted by atomic mass is 16.4. The number of piperidine rings is 1. The van der Waals surface area contributed by atoms with Crippen LogP contribution in [0.3, 0.4) is 0 Å². The quantitative estimate of drug-likeness (QED) is 0.496. The van der Waals surface area contributed by atoms with Crippen LogP contribution in [0, 0.1) is 31.1 Å². The second-order valence-corrected chi connectivity index (χ2v) is 9.55. The molecule has 0 bridgehead atoms. The third kappa shape index (κ3) is 4.06. The second kappa shape index (κ2) is 8.48. The zero-order valence-corrected chi connectivity index (χ0v) is 18.6. The molecule has 1 saturated carbocycles. The fourth-order valence-electron chi connectivity index (χ4n) is 5.29. The number of carboxylic acids is 1. The summed E-state index contributed by atoms with van der Waals surface area (Å²) >= 11 is 0. The van der Waals surface area contributed by atoms with Crippen molar-refractivity contribution in [1.82, 2.24) is 9.88 Å². The predicted octanol–water partition coefficient (Wildman–Crippen LogP) is 5.71. The number of H-pyrrole nitrogens is 1. The summed E-state index contributed by atoms with van der Waals surface area (Å²) in [6, 6.07) is 12.2. The molecule has 4 heteroatoms. The second-order valence-electron chi connectivity index (χ2n) is 9.55. The van der Waals surface area contributed by atoms with Crippen LogP contribution >= 0.6 is 0 Å². The highest BCUT2D eigenvalue weighted by Gasteiger charge is 2.31. The molecule has 2 fully saturated rings. The van der Waals surface area contributed by atoms with Gasteiger partial charge in [0.05, 0.1) is 5.56 Å². The average Bonchev–Trinajstić information content (AvgIpc) is 3.47. The standard InChI is InChI=1S/C28H30N2O2/c1-3-19-11-13-30(26(16-19)21-6-8-22(9-7-21)28(31)32)17-25-23(15-20-4-5-20)14-18(2)27-24(25)10-12-29-27/h1,6-10,12,14,19-20,26,29H,4-5,11,13,15-17H2,2H3,(H,31,32)/t19?,26-/m0/s1. The van der Waals surface area contributed by atoms with Crippen molar-refractivity contribution < 1.29 is 9.90 Å². The van der Waals surface area contributed by atoms with Crippen LogP contribution in [0.5, 0.6) is 0 Å². The van der Waals surface area contributed by atoms with E-state index in [0.29, 0.717) is 5.56 Å². The lowest BCUT2D eigenvalue weighted by Crippen LogP contribution is -2.36. The van der Waals surface area contributed by atoms with Gasteiger partial charge < -0.3 is 10.1 Å². The highest BCUT2D eigenvalue weighted by molar-refractivity contribution is 5.88. The third-order valence-electron chi connectivity index (χ3n) is 7.30. The zero-order valence-electron chi connectivity index (χ0n) is 18.6. The molecule has 0 spiro atoms. The summed E-state index contributed by atoms with van der Waals surface area (Å²) < 4.78 is 0. The van der Waals surface area contributed by atoms with Gasteiger partial charge in [-0.25, -0.2) is 4.79 Å². The molecule has 1 unspecified atom stereocenters. The summed E-state index contributed by atoms with van der Waals surface area (Å²) in [6.45, 7) is 4.03. The first kappa shape index (κ1) is 20.8. The van der Waals surface area contributed by atoms with E-state index < -0.39 is 5.97 Å². The molecule has 2 aliphatic rings. The number of carboxylic acid groups (broad SMARTS) is 1. The number of hydrogen-bond donors (Lipinski definition) is 2. The number of nitrogens with zero attached hydrogens (tertiary/aromatic N) is 1. The first-order valence-corrected chi connectivity index (χ1v) is 11.7. The molecule has 2 atom stereocenters. The fourth-order valence-corrected chi connectivity index (χ4v) is 5.29. The topological polar surface area (TPSA) is 56.3 Å².